The molecule has 0 spiro atoms. The monoisotopic (exact) mass is 310 g/mol. The molecule has 1 aliphatic heterocycles. The first-order valence-corrected chi connectivity index (χ1v) is 8.00. The Morgan fingerprint density at radius 1 is 1.33 bits per heavy atom. The van der Waals surface area contributed by atoms with Gasteiger partial charge >= 0.3 is 0 Å². The number of nitrogens with zero attached hydrogens (tertiary/aromatic N) is 2. The first-order valence-electron chi connectivity index (χ1n) is 5.37. The van der Waals surface area contributed by atoms with Crippen LogP contribution >= 0.6 is 22.9 Å². The Labute approximate surface area is 113 Å². The number of rotatable bonds is 3. The van der Waals surface area contributed by atoms with Crippen molar-refractivity contribution >= 4 is 38.6 Å². The molecule has 0 N–H and O–H groups in total. The van der Waals surface area contributed by atoms with Gasteiger partial charge in [-0.3, -0.25) is 10.1 Å². The summed E-state index contributed by atoms with van der Waals surface area (Å²) in [6, 6.07) is 1.04. The predicted octanol–water partition coefficient (Wildman–Crippen LogP) is 2.48. The fourth-order valence-electron chi connectivity index (χ4n) is 1.82. The van der Waals surface area contributed by atoms with Gasteiger partial charge in [-0.05, 0) is 12.8 Å². The lowest BCUT2D eigenvalue weighted by Crippen LogP contribution is -2.35. The second-order valence-electron chi connectivity index (χ2n) is 3.95. The zero-order valence-electron chi connectivity index (χ0n) is 9.33. The second kappa shape index (κ2) is 5.12. The number of hydrogen-bond acceptors (Lipinski definition) is 5. The average molecular weight is 311 g/mol. The molecule has 0 bridgehead atoms. The van der Waals surface area contributed by atoms with Crippen molar-refractivity contribution in [2.24, 2.45) is 0 Å². The second-order valence-corrected chi connectivity index (χ2v) is 7.77. The van der Waals surface area contributed by atoms with Crippen LogP contribution in [0.1, 0.15) is 19.3 Å². The zero-order valence-corrected chi connectivity index (χ0v) is 11.7. The van der Waals surface area contributed by atoms with Crippen LogP contribution in [0.15, 0.2) is 10.3 Å². The first kappa shape index (κ1) is 13.7. The molecule has 0 aromatic carbocycles. The highest BCUT2D eigenvalue weighted by atomic mass is 35.5. The summed E-state index contributed by atoms with van der Waals surface area (Å²) in [5.41, 5.74) is -0.350. The molecule has 0 unspecified atom stereocenters. The fourth-order valence-corrected chi connectivity index (χ4v) is 5.16. The maximum Gasteiger partial charge on any atom is 0.300 e. The molecular weight excluding hydrogens is 300 g/mol. The van der Waals surface area contributed by atoms with Crippen LogP contribution in [-0.4, -0.2) is 30.7 Å². The van der Waals surface area contributed by atoms with Gasteiger partial charge in [-0.1, -0.05) is 18.0 Å². The Morgan fingerprint density at radius 2 is 1.94 bits per heavy atom. The zero-order chi connectivity index (χ0) is 13.3. The molecule has 0 aliphatic carbocycles. The minimum absolute atomic E-state index is 0.0545. The molecule has 1 aromatic rings. The van der Waals surface area contributed by atoms with Crippen LogP contribution in [0.3, 0.4) is 0 Å². The summed E-state index contributed by atoms with van der Waals surface area (Å²) in [7, 11) is -3.63. The van der Waals surface area contributed by atoms with Crippen LogP contribution in [0.25, 0.3) is 0 Å². The Morgan fingerprint density at radius 3 is 2.44 bits per heavy atom. The largest absolute Gasteiger partial charge is 0.300 e. The predicted molar refractivity (Wildman–Crippen MR) is 68.6 cm³/mol. The van der Waals surface area contributed by atoms with E-state index in [1.807, 2.05) is 0 Å². The van der Waals surface area contributed by atoms with Gasteiger partial charge in [0, 0.05) is 19.2 Å². The molecule has 1 aliphatic rings. The maximum atomic E-state index is 12.2. The summed E-state index contributed by atoms with van der Waals surface area (Å²) in [6.07, 6.45) is 2.65. The van der Waals surface area contributed by atoms with Crippen LogP contribution in [-0.2, 0) is 10.0 Å². The van der Waals surface area contributed by atoms with Gasteiger partial charge in [0.2, 0.25) is 0 Å². The van der Waals surface area contributed by atoms with Gasteiger partial charge in [0.05, 0.1) is 4.92 Å². The van der Waals surface area contributed by atoms with Gasteiger partial charge in [0.15, 0.2) is 4.34 Å². The molecule has 0 amide bonds. The molecule has 2 rings (SSSR count). The third kappa shape index (κ3) is 2.51. The summed E-state index contributed by atoms with van der Waals surface area (Å²) in [5, 5.41) is 10.7. The van der Waals surface area contributed by atoms with E-state index in [1.54, 1.807) is 0 Å². The van der Waals surface area contributed by atoms with E-state index in [2.05, 4.69) is 0 Å². The molecule has 1 aromatic heterocycles. The number of piperidine rings is 1. The lowest BCUT2D eigenvalue weighted by atomic mass is 10.2. The normalized spacial score (nSPS) is 17.8. The maximum absolute atomic E-state index is 12.2. The highest BCUT2D eigenvalue weighted by molar-refractivity contribution is 7.91. The van der Waals surface area contributed by atoms with Gasteiger partial charge in [-0.25, -0.2) is 8.42 Å². The Hall–Kier alpha value is -0.700. The van der Waals surface area contributed by atoms with Gasteiger partial charge in [-0.2, -0.15) is 4.31 Å². The van der Waals surface area contributed by atoms with Crippen molar-refractivity contribution in [2.45, 2.75) is 23.5 Å². The standard InChI is InChI=1S/C9H11ClN2O4S2/c10-9-7(12(13)14)6-8(17-9)18(15,16)11-4-2-1-3-5-11/h6H,1-5H2. The summed E-state index contributed by atoms with van der Waals surface area (Å²) in [5.74, 6) is 0. The molecule has 0 radical (unpaired) electrons. The molecule has 0 saturated carbocycles. The SMILES string of the molecule is O=[N+]([O-])c1cc(S(=O)(=O)N2CCCCC2)sc1Cl. The molecule has 100 valence electrons. The Balaban J connectivity index is 2.35. The van der Waals surface area contributed by atoms with Gasteiger partial charge in [0.1, 0.15) is 4.21 Å². The molecule has 6 nitrogen and oxygen atoms in total. The molecule has 1 saturated heterocycles. The Bertz CT molecular complexity index is 563. The summed E-state index contributed by atoms with van der Waals surface area (Å²) < 4.78 is 25.7. The lowest BCUT2D eigenvalue weighted by molar-refractivity contribution is -0.384. The van der Waals surface area contributed by atoms with E-state index in [-0.39, 0.29) is 14.2 Å². The van der Waals surface area contributed by atoms with Crippen LogP contribution < -0.4 is 0 Å². The van der Waals surface area contributed by atoms with Crippen molar-refractivity contribution in [1.82, 2.24) is 4.31 Å². The van der Waals surface area contributed by atoms with Crippen LogP contribution in [0.4, 0.5) is 5.69 Å². The quantitative estimate of drug-likeness (QED) is 0.634. The minimum atomic E-state index is -3.63. The highest BCUT2D eigenvalue weighted by Crippen LogP contribution is 2.37. The molecule has 0 atom stereocenters. The van der Waals surface area contributed by atoms with Crippen molar-refractivity contribution in [3.8, 4) is 0 Å². The molecule has 2 heterocycles. The van der Waals surface area contributed by atoms with E-state index in [9.17, 15) is 18.5 Å². The number of nitro groups is 1. The van der Waals surface area contributed by atoms with Crippen LogP contribution in [0, 0.1) is 10.1 Å². The van der Waals surface area contributed by atoms with E-state index >= 15 is 0 Å². The topological polar surface area (TPSA) is 80.5 Å². The molecule has 9 heteroatoms. The fraction of sp³-hybridized carbons (Fsp3) is 0.556. The van der Waals surface area contributed by atoms with E-state index < -0.39 is 14.9 Å². The van der Waals surface area contributed by atoms with Gasteiger partial charge in [0.25, 0.3) is 15.7 Å². The van der Waals surface area contributed by atoms with Crippen molar-refractivity contribution in [3.63, 3.8) is 0 Å². The van der Waals surface area contributed by atoms with Crippen LogP contribution in [0.2, 0.25) is 4.34 Å². The van der Waals surface area contributed by atoms with Crippen LogP contribution in [0.5, 0.6) is 0 Å². The van der Waals surface area contributed by atoms with E-state index in [0.717, 1.165) is 36.7 Å². The summed E-state index contributed by atoms with van der Waals surface area (Å²) in [6.45, 7) is 0.928. The Kier molecular flexibility index (Phi) is 3.90. The third-order valence-electron chi connectivity index (χ3n) is 2.75. The number of thiophene rings is 1. The van der Waals surface area contributed by atoms with Crippen molar-refractivity contribution in [1.29, 1.82) is 0 Å². The highest BCUT2D eigenvalue weighted by Gasteiger charge is 2.31. The number of sulfonamides is 1. The van der Waals surface area contributed by atoms with Gasteiger partial charge in [-0.15, -0.1) is 11.3 Å². The minimum Gasteiger partial charge on any atom is -0.258 e. The van der Waals surface area contributed by atoms with Crippen molar-refractivity contribution in [3.05, 3.63) is 20.5 Å². The van der Waals surface area contributed by atoms with E-state index in [4.69, 9.17) is 11.6 Å². The first-order chi connectivity index (χ1) is 8.43. The van der Waals surface area contributed by atoms with Crippen molar-refractivity contribution < 1.29 is 13.3 Å². The summed E-state index contributed by atoms with van der Waals surface area (Å²) >= 11 is 6.42. The smallest absolute Gasteiger partial charge is 0.258 e. The molecule has 1 fully saturated rings. The van der Waals surface area contributed by atoms with E-state index in [1.165, 1.54) is 4.31 Å². The van der Waals surface area contributed by atoms with Gasteiger partial charge < -0.3 is 0 Å². The van der Waals surface area contributed by atoms with E-state index in [0.29, 0.717) is 13.1 Å². The third-order valence-corrected chi connectivity index (χ3v) is 6.44. The average Bonchev–Trinajstić information content (AvgIpc) is 2.73. The molecular formula is C9H11ClN2O4S2. The number of halogens is 1. The lowest BCUT2D eigenvalue weighted by Gasteiger charge is -2.24. The number of hydrogen-bond donors (Lipinski definition) is 0. The van der Waals surface area contributed by atoms with Crippen molar-refractivity contribution in [2.75, 3.05) is 13.1 Å². The summed E-state index contributed by atoms with van der Waals surface area (Å²) in [4.78, 5) is 9.99. The molecule has 18 heavy (non-hydrogen) atoms.